The minimum atomic E-state index is 0. The Morgan fingerprint density at radius 1 is 0.857 bits per heavy atom. The van der Waals surface area contributed by atoms with Crippen molar-refractivity contribution in [3.05, 3.63) is 53.1 Å². The summed E-state index contributed by atoms with van der Waals surface area (Å²) in [5.74, 6) is 3.15. The molecular formula is C21H30IN3O3. The van der Waals surface area contributed by atoms with Crippen molar-refractivity contribution in [1.29, 1.82) is 0 Å². The highest BCUT2D eigenvalue weighted by Gasteiger charge is 2.05. The van der Waals surface area contributed by atoms with Crippen molar-refractivity contribution in [2.45, 2.75) is 19.9 Å². The predicted molar refractivity (Wildman–Crippen MR) is 125 cm³/mol. The number of aryl methyl sites for hydroxylation is 1. The largest absolute Gasteiger partial charge is 0.496 e. The van der Waals surface area contributed by atoms with Crippen LogP contribution in [0.25, 0.3) is 0 Å². The van der Waals surface area contributed by atoms with E-state index in [9.17, 15) is 0 Å². The number of benzene rings is 2. The first-order chi connectivity index (χ1) is 13.1. The van der Waals surface area contributed by atoms with Gasteiger partial charge in [0, 0.05) is 20.1 Å². The molecule has 0 amide bonds. The highest BCUT2D eigenvalue weighted by molar-refractivity contribution is 14.0. The van der Waals surface area contributed by atoms with Gasteiger partial charge in [-0.3, -0.25) is 4.99 Å². The molecule has 154 valence electrons. The van der Waals surface area contributed by atoms with E-state index in [0.717, 1.165) is 41.7 Å². The lowest BCUT2D eigenvalue weighted by atomic mass is 10.1. The molecule has 0 saturated carbocycles. The van der Waals surface area contributed by atoms with Crippen LogP contribution in [0.2, 0.25) is 0 Å². The molecule has 28 heavy (non-hydrogen) atoms. The Labute approximate surface area is 184 Å². The van der Waals surface area contributed by atoms with E-state index in [1.807, 2.05) is 31.2 Å². The summed E-state index contributed by atoms with van der Waals surface area (Å²) in [6.45, 7) is 3.50. The van der Waals surface area contributed by atoms with E-state index in [2.05, 4.69) is 27.8 Å². The summed E-state index contributed by atoms with van der Waals surface area (Å²) in [4.78, 5) is 4.28. The number of rotatable bonds is 8. The first-order valence-electron chi connectivity index (χ1n) is 8.90. The topological polar surface area (TPSA) is 64.1 Å². The summed E-state index contributed by atoms with van der Waals surface area (Å²) in [6, 6.07) is 12.1. The second-order valence-electron chi connectivity index (χ2n) is 6.10. The molecule has 0 saturated heterocycles. The average molecular weight is 499 g/mol. The Hall–Kier alpha value is -2.16. The molecule has 0 heterocycles. The summed E-state index contributed by atoms with van der Waals surface area (Å²) >= 11 is 0. The molecule has 0 fully saturated rings. The Morgan fingerprint density at radius 3 is 2.11 bits per heavy atom. The Bertz CT molecular complexity index is 781. The summed E-state index contributed by atoms with van der Waals surface area (Å²) in [5.41, 5.74) is 3.46. The molecule has 0 unspecified atom stereocenters. The summed E-state index contributed by atoms with van der Waals surface area (Å²) < 4.78 is 15.9. The number of halogens is 1. The number of hydrogen-bond acceptors (Lipinski definition) is 4. The third kappa shape index (κ3) is 6.78. The van der Waals surface area contributed by atoms with Gasteiger partial charge in [-0.2, -0.15) is 0 Å². The maximum absolute atomic E-state index is 5.35. The van der Waals surface area contributed by atoms with Crippen molar-refractivity contribution in [3.8, 4) is 17.2 Å². The molecule has 0 aliphatic rings. The molecule has 0 radical (unpaired) electrons. The van der Waals surface area contributed by atoms with Crippen LogP contribution in [0, 0.1) is 6.92 Å². The summed E-state index contributed by atoms with van der Waals surface area (Å²) in [5, 5.41) is 6.66. The van der Waals surface area contributed by atoms with Gasteiger partial charge in [-0.25, -0.2) is 0 Å². The molecule has 0 aliphatic carbocycles. The zero-order valence-corrected chi connectivity index (χ0v) is 19.5. The fourth-order valence-electron chi connectivity index (χ4n) is 2.82. The van der Waals surface area contributed by atoms with Crippen molar-refractivity contribution < 1.29 is 14.2 Å². The van der Waals surface area contributed by atoms with E-state index in [1.54, 1.807) is 28.4 Å². The molecule has 7 heteroatoms. The Balaban J connectivity index is 0.00000392. The van der Waals surface area contributed by atoms with Crippen LogP contribution in [0.5, 0.6) is 17.2 Å². The van der Waals surface area contributed by atoms with Crippen LogP contribution in [-0.2, 0) is 13.0 Å². The third-order valence-electron chi connectivity index (χ3n) is 4.30. The molecule has 2 rings (SSSR count). The van der Waals surface area contributed by atoms with Gasteiger partial charge in [-0.1, -0.05) is 18.2 Å². The maximum atomic E-state index is 5.35. The van der Waals surface area contributed by atoms with Crippen molar-refractivity contribution in [3.63, 3.8) is 0 Å². The number of guanidine groups is 1. The van der Waals surface area contributed by atoms with Gasteiger partial charge >= 0.3 is 0 Å². The maximum Gasteiger partial charge on any atom is 0.191 e. The molecule has 0 spiro atoms. The molecule has 0 atom stereocenters. The SMILES string of the molecule is CN=C(NCCc1ccc(OC)c(OC)c1)NCc1ccc(OC)c(C)c1.I. The summed E-state index contributed by atoms with van der Waals surface area (Å²) in [6.07, 6.45) is 0.850. The Kier molecular flexibility index (Phi) is 10.5. The molecule has 2 aromatic rings. The lowest BCUT2D eigenvalue weighted by Crippen LogP contribution is -2.37. The predicted octanol–water partition coefficient (Wildman–Crippen LogP) is 3.55. The Morgan fingerprint density at radius 2 is 1.50 bits per heavy atom. The standard InChI is InChI=1S/C21H29N3O3.HI/c1-15-12-17(7-8-18(15)25-3)14-24-21(22-2)23-11-10-16-6-9-19(26-4)20(13-16)27-5;/h6-9,12-13H,10-11,14H2,1-5H3,(H2,22,23,24);1H. The van der Waals surface area contributed by atoms with Gasteiger partial charge in [0.15, 0.2) is 17.5 Å². The number of nitrogens with one attached hydrogen (secondary N) is 2. The minimum Gasteiger partial charge on any atom is -0.496 e. The second kappa shape index (κ2) is 12.3. The van der Waals surface area contributed by atoms with Gasteiger partial charge in [-0.05, 0) is 48.2 Å². The molecule has 6 nitrogen and oxygen atoms in total. The van der Waals surface area contributed by atoms with E-state index in [4.69, 9.17) is 14.2 Å². The fourth-order valence-corrected chi connectivity index (χ4v) is 2.82. The lowest BCUT2D eigenvalue weighted by molar-refractivity contribution is 0.354. The first-order valence-corrected chi connectivity index (χ1v) is 8.90. The van der Waals surface area contributed by atoms with Gasteiger partial charge < -0.3 is 24.8 Å². The van der Waals surface area contributed by atoms with E-state index in [0.29, 0.717) is 6.54 Å². The van der Waals surface area contributed by atoms with Crippen LogP contribution >= 0.6 is 24.0 Å². The molecule has 0 aliphatic heterocycles. The van der Waals surface area contributed by atoms with Crippen LogP contribution < -0.4 is 24.8 Å². The van der Waals surface area contributed by atoms with Crippen LogP contribution in [-0.4, -0.2) is 40.9 Å². The number of aliphatic imine (C=N–C) groups is 1. The van der Waals surface area contributed by atoms with E-state index < -0.39 is 0 Å². The minimum absolute atomic E-state index is 0. The van der Waals surface area contributed by atoms with Crippen molar-refractivity contribution in [2.24, 2.45) is 4.99 Å². The van der Waals surface area contributed by atoms with E-state index in [1.165, 1.54) is 11.1 Å². The van der Waals surface area contributed by atoms with E-state index in [-0.39, 0.29) is 24.0 Å². The van der Waals surface area contributed by atoms with Crippen molar-refractivity contribution >= 4 is 29.9 Å². The quantitative estimate of drug-likeness (QED) is 0.331. The number of nitrogens with zero attached hydrogens (tertiary/aromatic N) is 1. The number of ether oxygens (including phenoxy) is 3. The molecule has 2 N–H and O–H groups in total. The zero-order valence-electron chi connectivity index (χ0n) is 17.2. The van der Waals surface area contributed by atoms with Gasteiger partial charge in [-0.15, -0.1) is 24.0 Å². The second-order valence-corrected chi connectivity index (χ2v) is 6.10. The zero-order chi connectivity index (χ0) is 19.6. The van der Waals surface area contributed by atoms with E-state index >= 15 is 0 Å². The van der Waals surface area contributed by atoms with Crippen LogP contribution in [0.15, 0.2) is 41.4 Å². The van der Waals surface area contributed by atoms with Gasteiger partial charge in [0.25, 0.3) is 0 Å². The number of hydrogen-bond donors (Lipinski definition) is 2. The monoisotopic (exact) mass is 499 g/mol. The lowest BCUT2D eigenvalue weighted by Gasteiger charge is -2.14. The molecule has 2 aromatic carbocycles. The van der Waals surface area contributed by atoms with Gasteiger partial charge in [0.1, 0.15) is 5.75 Å². The van der Waals surface area contributed by atoms with Crippen molar-refractivity contribution in [2.75, 3.05) is 34.9 Å². The summed E-state index contributed by atoms with van der Waals surface area (Å²) in [7, 11) is 6.74. The highest BCUT2D eigenvalue weighted by Crippen LogP contribution is 2.27. The molecular weight excluding hydrogens is 469 g/mol. The highest BCUT2D eigenvalue weighted by atomic mass is 127. The normalized spacial score (nSPS) is 10.7. The first kappa shape index (κ1) is 23.9. The molecule has 0 aromatic heterocycles. The van der Waals surface area contributed by atoms with Crippen LogP contribution in [0.3, 0.4) is 0 Å². The van der Waals surface area contributed by atoms with Gasteiger partial charge in [0.05, 0.1) is 21.3 Å². The van der Waals surface area contributed by atoms with Crippen molar-refractivity contribution in [1.82, 2.24) is 10.6 Å². The van der Waals surface area contributed by atoms with Crippen LogP contribution in [0.4, 0.5) is 0 Å². The third-order valence-corrected chi connectivity index (χ3v) is 4.30. The smallest absolute Gasteiger partial charge is 0.191 e. The molecule has 0 bridgehead atoms. The average Bonchev–Trinajstić information content (AvgIpc) is 2.70. The fraction of sp³-hybridized carbons (Fsp3) is 0.381. The van der Waals surface area contributed by atoms with Crippen LogP contribution in [0.1, 0.15) is 16.7 Å². The van der Waals surface area contributed by atoms with Gasteiger partial charge in [0.2, 0.25) is 0 Å². The number of methoxy groups -OCH3 is 3.